The molecule has 0 amide bonds. The van der Waals surface area contributed by atoms with Crippen molar-refractivity contribution in [2.45, 2.75) is 13.5 Å². The number of halogens is 1. The number of ether oxygens (including phenoxy) is 1. The van der Waals surface area contributed by atoms with Crippen molar-refractivity contribution in [2.24, 2.45) is 0 Å². The normalized spacial score (nSPS) is 10.2. The average molecular weight is 335 g/mol. The molecule has 0 saturated heterocycles. The third-order valence-electron chi connectivity index (χ3n) is 3.41. The van der Waals surface area contributed by atoms with E-state index < -0.39 is 0 Å². The summed E-state index contributed by atoms with van der Waals surface area (Å²) in [7, 11) is 3.62. The lowest BCUT2D eigenvalue weighted by Gasteiger charge is -2.22. The Kier molecular flexibility index (Phi) is 5.63. The average Bonchev–Trinajstić information content (AvgIpc) is 2.52. The molecule has 0 spiro atoms. The third kappa shape index (κ3) is 4.12. The van der Waals surface area contributed by atoms with Gasteiger partial charge in [-0.25, -0.2) is 0 Å². The molecule has 0 aliphatic carbocycles. The Morgan fingerprint density at radius 1 is 1.27 bits per heavy atom. The van der Waals surface area contributed by atoms with Crippen LogP contribution in [-0.2, 0) is 6.54 Å². The van der Waals surface area contributed by atoms with Gasteiger partial charge < -0.3 is 15.0 Å². The molecule has 0 bridgehead atoms. The van der Waals surface area contributed by atoms with Gasteiger partial charge in [0.15, 0.2) is 5.11 Å². The molecule has 0 aliphatic rings. The Labute approximate surface area is 141 Å². The third-order valence-corrected chi connectivity index (χ3v) is 4.23. The van der Waals surface area contributed by atoms with E-state index >= 15 is 0 Å². The monoisotopic (exact) mass is 334 g/mol. The lowest BCUT2D eigenvalue weighted by Crippen LogP contribution is -2.30. The number of nitrogens with one attached hydrogen (secondary N) is 1. The molecule has 2 aromatic carbocycles. The van der Waals surface area contributed by atoms with Crippen LogP contribution in [0.3, 0.4) is 0 Å². The first-order chi connectivity index (χ1) is 10.5. The van der Waals surface area contributed by atoms with Gasteiger partial charge >= 0.3 is 0 Å². The van der Waals surface area contributed by atoms with Crippen molar-refractivity contribution >= 4 is 34.6 Å². The molecule has 2 rings (SSSR count). The highest BCUT2D eigenvalue weighted by Gasteiger charge is 2.09. The van der Waals surface area contributed by atoms with Gasteiger partial charge in [-0.05, 0) is 54.5 Å². The molecule has 0 radical (unpaired) electrons. The Morgan fingerprint density at radius 3 is 2.73 bits per heavy atom. The van der Waals surface area contributed by atoms with Crippen LogP contribution in [0.5, 0.6) is 5.75 Å². The smallest absolute Gasteiger partial charge is 0.173 e. The largest absolute Gasteiger partial charge is 0.497 e. The summed E-state index contributed by atoms with van der Waals surface area (Å²) in [5.41, 5.74) is 3.05. The minimum absolute atomic E-state index is 0.646. The summed E-state index contributed by atoms with van der Waals surface area (Å²) in [4.78, 5) is 1.98. The number of hydrogen-bond acceptors (Lipinski definition) is 2. The lowest BCUT2D eigenvalue weighted by molar-refractivity contribution is 0.413. The van der Waals surface area contributed by atoms with E-state index in [0.29, 0.717) is 11.7 Å². The number of anilines is 1. The Hall–Kier alpha value is -1.78. The van der Waals surface area contributed by atoms with Gasteiger partial charge in [0.25, 0.3) is 0 Å². The van der Waals surface area contributed by atoms with Crippen LogP contribution in [0.1, 0.15) is 11.1 Å². The second kappa shape index (κ2) is 7.47. The minimum Gasteiger partial charge on any atom is -0.497 e. The molecule has 2 aromatic rings. The molecule has 3 nitrogen and oxygen atoms in total. The van der Waals surface area contributed by atoms with E-state index in [-0.39, 0.29) is 0 Å². The Bertz CT molecular complexity index is 675. The molecule has 22 heavy (non-hydrogen) atoms. The number of methoxy groups -OCH3 is 1. The lowest BCUT2D eigenvalue weighted by atomic mass is 10.2. The van der Waals surface area contributed by atoms with Crippen LogP contribution in [0.15, 0.2) is 42.5 Å². The van der Waals surface area contributed by atoms with Gasteiger partial charge in [0, 0.05) is 24.3 Å². The molecular formula is C17H19ClN2OS. The summed E-state index contributed by atoms with van der Waals surface area (Å²) < 4.78 is 5.24. The van der Waals surface area contributed by atoms with Gasteiger partial charge in [0.05, 0.1) is 7.11 Å². The van der Waals surface area contributed by atoms with Crippen molar-refractivity contribution in [1.29, 1.82) is 0 Å². The topological polar surface area (TPSA) is 24.5 Å². The number of hydrogen-bond donors (Lipinski definition) is 1. The van der Waals surface area contributed by atoms with Gasteiger partial charge in [-0.2, -0.15) is 0 Å². The van der Waals surface area contributed by atoms with Crippen molar-refractivity contribution in [2.75, 3.05) is 19.5 Å². The maximum atomic E-state index is 6.13. The molecule has 0 fully saturated rings. The minimum atomic E-state index is 0.646. The van der Waals surface area contributed by atoms with Crippen LogP contribution >= 0.6 is 23.8 Å². The zero-order valence-corrected chi connectivity index (χ0v) is 14.5. The van der Waals surface area contributed by atoms with Gasteiger partial charge in [-0.1, -0.05) is 29.8 Å². The van der Waals surface area contributed by atoms with Crippen LogP contribution < -0.4 is 10.1 Å². The van der Waals surface area contributed by atoms with Crippen LogP contribution in [0.25, 0.3) is 0 Å². The Morgan fingerprint density at radius 2 is 2.00 bits per heavy atom. The summed E-state index contributed by atoms with van der Waals surface area (Å²) in [6.07, 6.45) is 0. The summed E-state index contributed by atoms with van der Waals surface area (Å²) in [6.45, 7) is 2.66. The Balaban J connectivity index is 2.04. The highest BCUT2D eigenvalue weighted by atomic mass is 35.5. The fourth-order valence-corrected chi connectivity index (χ4v) is 2.42. The highest BCUT2D eigenvalue weighted by molar-refractivity contribution is 7.80. The summed E-state index contributed by atoms with van der Waals surface area (Å²) >= 11 is 11.6. The number of rotatable bonds is 4. The van der Waals surface area contributed by atoms with E-state index in [0.717, 1.165) is 27.6 Å². The zero-order valence-electron chi connectivity index (χ0n) is 12.9. The second-order valence-electron chi connectivity index (χ2n) is 5.05. The van der Waals surface area contributed by atoms with Crippen molar-refractivity contribution in [3.8, 4) is 5.75 Å². The van der Waals surface area contributed by atoms with Gasteiger partial charge in [-0.3, -0.25) is 0 Å². The van der Waals surface area contributed by atoms with Crippen LogP contribution in [0, 0.1) is 6.92 Å². The van der Waals surface area contributed by atoms with Crippen molar-refractivity contribution < 1.29 is 4.74 Å². The van der Waals surface area contributed by atoms with Crippen LogP contribution in [0.2, 0.25) is 5.02 Å². The molecule has 0 unspecified atom stereocenters. The highest BCUT2D eigenvalue weighted by Crippen LogP contribution is 2.23. The molecular weight excluding hydrogens is 316 g/mol. The number of benzene rings is 2. The van der Waals surface area contributed by atoms with Gasteiger partial charge in [0.2, 0.25) is 0 Å². The fourth-order valence-electron chi connectivity index (χ4n) is 2.07. The van der Waals surface area contributed by atoms with Crippen LogP contribution in [-0.4, -0.2) is 24.2 Å². The van der Waals surface area contributed by atoms with E-state index in [1.807, 2.05) is 61.3 Å². The van der Waals surface area contributed by atoms with Crippen LogP contribution in [0.4, 0.5) is 5.69 Å². The van der Waals surface area contributed by atoms with Gasteiger partial charge in [-0.15, -0.1) is 0 Å². The summed E-state index contributed by atoms with van der Waals surface area (Å²) in [5.74, 6) is 0.843. The first-order valence-corrected chi connectivity index (χ1v) is 7.70. The SMILES string of the molecule is COc1cccc(CN(C)C(=S)Nc2cccc(Cl)c2C)c1. The van der Waals surface area contributed by atoms with E-state index in [1.54, 1.807) is 7.11 Å². The summed E-state index contributed by atoms with van der Waals surface area (Å²) in [5, 5.41) is 4.61. The number of nitrogens with zero attached hydrogens (tertiary/aromatic N) is 1. The summed E-state index contributed by atoms with van der Waals surface area (Å²) in [6, 6.07) is 13.7. The predicted octanol–water partition coefficient (Wildman–Crippen LogP) is 4.49. The van der Waals surface area contributed by atoms with E-state index in [9.17, 15) is 0 Å². The fraction of sp³-hybridized carbons (Fsp3) is 0.235. The van der Waals surface area contributed by atoms with Crippen molar-refractivity contribution in [3.63, 3.8) is 0 Å². The molecule has 0 heterocycles. The molecule has 0 aliphatic heterocycles. The first kappa shape index (κ1) is 16.6. The van der Waals surface area contributed by atoms with E-state index in [4.69, 9.17) is 28.6 Å². The molecule has 0 saturated carbocycles. The van der Waals surface area contributed by atoms with Crippen molar-refractivity contribution in [1.82, 2.24) is 4.90 Å². The maximum absolute atomic E-state index is 6.13. The van der Waals surface area contributed by atoms with E-state index in [1.165, 1.54) is 0 Å². The number of thiocarbonyl (C=S) groups is 1. The van der Waals surface area contributed by atoms with E-state index in [2.05, 4.69) is 5.32 Å². The quantitative estimate of drug-likeness (QED) is 0.833. The first-order valence-electron chi connectivity index (χ1n) is 6.91. The van der Waals surface area contributed by atoms with Crippen molar-refractivity contribution in [3.05, 3.63) is 58.6 Å². The standard InChI is InChI=1S/C17H19ClN2OS/c1-12-15(18)8-5-9-16(12)19-17(22)20(2)11-13-6-4-7-14(10-13)21-3/h4-10H,11H2,1-3H3,(H,19,22). The maximum Gasteiger partial charge on any atom is 0.173 e. The molecule has 0 atom stereocenters. The molecule has 1 N–H and O–H groups in total. The molecule has 0 aromatic heterocycles. The van der Waals surface area contributed by atoms with Gasteiger partial charge in [0.1, 0.15) is 5.75 Å². The second-order valence-corrected chi connectivity index (χ2v) is 5.84. The molecule has 5 heteroatoms. The zero-order chi connectivity index (χ0) is 16.1. The molecule has 116 valence electrons. The predicted molar refractivity (Wildman–Crippen MR) is 96.9 cm³/mol.